The van der Waals surface area contributed by atoms with Crippen LogP contribution in [0.3, 0.4) is 0 Å². The van der Waals surface area contributed by atoms with Gasteiger partial charge in [0.15, 0.2) is 0 Å². The molecule has 0 aromatic heterocycles. The molecule has 2 rings (SSSR count). The van der Waals surface area contributed by atoms with Crippen LogP contribution in [0.15, 0.2) is 24.3 Å². The molecule has 1 atom stereocenters. The van der Waals surface area contributed by atoms with Crippen molar-refractivity contribution in [3.8, 4) is 0 Å². The second-order valence-corrected chi connectivity index (χ2v) is 4.85. The van der Waals surface area contributed by atoms with Gasteiger partial charge in [-0.25, -0.2) is 0 Å². The van der Waals surface area contributed by atoms with Gasteiger partial charge in [-0.1, -0.05) is 31.2 Å². The molecule has 0 spiro atoms. The normalized spacial score (nSPS) is 17.2. The Bertz CT molecular complexity index is 399. The van der Waals surface area contributed by atoms with E-state index in [2.05, 4.69) is 19.1 Å². The molecule has 0 saturated carbocycles. The van der Waals surface area contributed by atoms with Crippen LogP contribution in [-0.4, -0.2) is 29.8 Å². The van der Waals surface area contributed by atoms with Gasteiger partial charge in [0.25, 0.3) is 0 Å². The summed E-state index contributed by atoms with van der Waals surface area (Å²) in [6, 6.07) is 8.20. The average Bonchev–Trinajstić information content (AvgIpc) is 2.30. The molecular formula is C14H18ClNO. The Balaban J connectivity index is 2.06. The molecule has 3 heteroatoms. The lowest BCUT2D eigenvalue weighted by atomic mass is 9.77. The first-order valence-electron chi connectivity index (χ1n) is 6.20. The lowest BCUT2D eigenvalue weighted by Crippen LogP contribution is -2.40. The van der Waals surface area contributed by atoms with Crippen molar-refractivity contribution in [1.82, 2.24) is 4.90 Å². The molecule has 17 heavy (non-hydrogen) atoms. The summed E-state index contributed by atoms with van der Waals surface area (Å²) in [5.74, 6) is 0.826. The monoisotopic (exact) mass is 251 g/mol. The van der Waals surface area contributed by atoms with Crippen molar-refractivity contribution in [1.29, 1.82) is 0 Å². The van der Waals surface area contributed by atoms with Crippen LogP contribution < -0.4 is 0 Å². The molecule has 1 aromatic carbocycles. The Hall–Kier alpha value is -1.02. The Morgan fingerprint density at radius 2 is 2.18 bits per heavy atom. The van der Waals surface area contributed by atoms with Gasteiger partial charge in [0.05, 0.1) is 5.92 Å². The number of halogens is 1. The topological polar surface area (TPSA) is 20.3 Å². The van der Waals surface area contributed by atoms with Crippen molar-refractivity contribution in [3.63, 3.8) is 0 Å². The molecule has 0 bridgehead atoms. The number of hydrogen-bond donors (Lipinski definition) is 0. The molecule has 1 aromatic rings. The smallest absolute Gasteiger partial charge is 0.230 e. The van der Waals surface area contributed by atoms with Gasteiger partial charge in [-0.15, -0.1) is 11.6 Å². The first-order valence-corrected chi connectivity index (χ1v) is 6.74. The van der Waals surface area contributed by atoms with Gasteiger partial charge in [0.2, 0.25) is 5.91 Å². The van der Waals surface area contributed by atoms with Crippen LogP contribution in [0, 0.1) is 0 Å². The first-order chi connectivity index (χ1) is 8.27. The zero-order valence-electron chi connectivity index (χ0n) is 10.2. The van der Waals surface area contributed by atoms with Crippen molar-refractivity contribution in [3.05, 3.63) is 35.4 Å². The maximum absolute atomic E-state index is 12.3. The first kappa shape index (κ1) is 12.4. The van der Waals surface area contributed by atoms with E-state index < -0.39 is 0 Å². The minimum atomic E-state index is 0.0703. The van der Waals surface area contributed by atoms with E-state index in [1.54, 1.807) is 0 Å². The van der Waals surface area contributed by atoms with Crippen molar-refractivity contribution >= 4 is 17.5 Å². The highest BCUT2D eigenvalue weighted by molar-refractivity contribution is 6.18. The molecule has 1 aliphatic rings. The van der Waals surface area contributed by atoms with Crippen LogP contribution in [0.2, 0.25) is 0 Å². The van der Waals surface area contributed by atoms with Crippen LogP contribution in [-0.2, 0) is 11.2 Å². The zero-order valence-corrected chi connectivity index (χ0v) is 10.9. The Morgan fingerprint density at radius 1 is 1.41 bits per heavy atom. The van der Waals surface area contributed by atoms with E-state index in [0.29, 0.717) is 12.4 Å². The van der Waals surface area contributed by atoms with Crippen molar-refractivity contribution in [2.45, 2.75) is 25.7 Å². The van der Waals surface area contributed by atoms with E-state index >= 15 is 0 Å². The average molecular weight is 252 g/mol. The largest absolute Gasteiger partial charge is 0.341 e. The number of nitrogens with zero attached hydrogens (tertiary/aromatic N) is 1. The van der Waals surface area contributed by atoms with Crippen LogP contribution in [0.4, 0.5) is 0 Å². The summed E-state index contributed by atoms with van der Waals surface area (Å²) in [7, 11) is 0. The lowest BCUT2D eigenvalue weighted by molar-refractivity contribution is -0.133. The molecule has 0 N–H and O–H groups in total. The Kier molecular flexibility index (Phi) is 4.06. The van der Waals surface area contributed by atoms with E-state index in [9.17, 15) is 4.79 Å². The standard InChI is InChI=1S/C14H18ClNO/c1-2-8-16(9-7-15)14(17)13-10-11-5-3-4-6-12(11)13/h3-6,13H,2,7-10H2,1H3. The molecule has 0 fully saturated rings. The van der Waals surface area contributed by atoms with Crippen molar-refractivity contribution in [2.24, 2.45) is 0 Å². The molecule has 0 heterocycles. The van der Waals surface area contributed by atoms with E-state index in [-0.39, 0.29) is 11.8 Å². The summed E-state index contributed by atoms with van der Waals surface area (Å²) >= 11 is 5.75. The third kappa shape index (κ3) is 2.47. The molecule has 92 valence electrons. The van der Waals surface area contributed by atoms with Gasteiger partial charge in [-0.3, -0.25) is 4.79 Å². The number of alkyl halides is 1. The summed E-state index contributed by atoms with van der Waals surface area (Å²) < 4.78 is 0. The molecule has 1 unspecified atom stereocenters. The van der Waals surface area contributed by atoms with E-state index in [1.807, 2.05) is 17.0 Å². The summed E-state index contributed by atoms with van der Waals surface area (Å²) in [6.07, 6.45) is 1.87. The number of carbonyl (C=O) groups is 1. The predicted octanol–water partition coefficient (Wildman–Crippen LogP) is 2.80. The zero-order chi connectivity index (χ0) is 12.3. The van der Waals surface area contributed by atoms with Crippen LogP contribution in [0.1, 0.15) is 30.4 Å². The van der Waals surface area contributed by atoms with Crippen LogP contribution >= 0.6 is 11.6 Å². The molecule has 1 amide bonds. The lowest BCUT2D eigenvalue weighted by Gasteiger charge is -2.33. The number of carbonyl (C=O) groups excluding carboxylic acids is 1. The molecule has 0 radical (unpaired) electrons. The third-order valence-corrected chi connectivity index (χ3v) is 3.48. The molecule has 1 aliphatic carbocycles. The summed E-state index contributed by atoms with van der Waals surface area (Å²) in [4.78, 5) is 14.2. The Morgan fingerprint density at radius 3 is 2.82 bits per heavy atom. The second-order valence-electron chi connectivity index (χ2n) is 4.47. The third-order valence-electron chi connectivity index (χ3n) is 3.31. The van der Waals surface area contributed by atoms with Gasteiger partial charge < -0.3 is 4.90 Å². The quantitative estimate of drug-likeness (QED) is 0.737. The fourth-order valence-corrected chi connectivity index (χ4v) is 2.61. The minimum absolute atomic E-state index is 0.0703. The van der Waals surface area contributed by atoms with E-state index in [1.165, 1.54) is 11.1 Å². The number of fused-ring (bicyclic) bond motifs is 1. The summed E-state index contributed by atoms with van der Waals surface area (Å²) in [5.41, 5.74) is 2.52. The molecule has 2 nitrogen and oxygen atoms in total. The maximum atomic E-state index is 12.3. The highest BCUT2D eigenvalue weighted by Crippen LogP contribution is 2.36. The number of hydrogen-bond acceptors (Lipinski definition) is 1. The number of rotatable bonds is 5. The van der Waals surface area contributed by atoms with Gasteiger partial charge in [0.1, 0.15) is 0 Å². The van der Waals surface area contributed by atoms with Gasteiger partial charge >= 0.3 is 0 Å². The van der Waals surface area contributed by atoms with Crippen LogP contribution in [0.5, 0.6) is 0 Å². The van der Waals surface area contributed by atoms with Gasteiger partial charge in [-0.2, -0.15) is 0 Å². The SMILES string of the molecule is CCCN(CCCl)C(=O)C1Cc2ccccc21. The predicted molar refractivity (Wildman–Crippen MR) is 70.5 cm³/mol. The second kappa shape index (κ2) is 5.54. The highest BCUT2D eigenvalue weighted by atomic mass is 35.5. The number of amides is 1. The summed E-state index contributed by atoms with van der Waals surface area (Å²) in [6.45, 7) is 3.56. The van der Waals surface area contributed by atoms with Crippen molar-refractivity contribution < 1.29 is 4.79 Å². The minimum Gasteiger partial charge on any atom is -0.341 e. The fraction of sp³-hybridized carbons (Fsp3) is 0.500. The van der Waals surface area contributed by atoms with E-state index in [0.717, 1.165) is 19.4 Å². The van der Waals surface area contributed by atoms with Crippen LogP contribution in [0.25, 0.3) is 0 Å². The van der Waals surface area contributed by atoms with E-state index in [4.69, 9.17) is 11.6 Å². The number of benzene rings is 1. The Labute approximate surface area is 108 Å². The summed E-state index contributed by atoms with van der Waals surface area (Å²) in [5, 5.41) is 0. The molecule has 0 aliphatic heterocycles. The fourth-order valence-electron chi connectivity index (χ4n) is 2.40. The maximum Gasteiger partial charge on any atom is 0.230 e. The van der Waals surface area contributed by atoms with Gasteiger partial charge in [-0.05, 0) is 24.0 Å². The molecule has 0 saturated heterocycles. The van der Waals surface area contributed by atoms with Crippen molar-refractivity contribution in [2.75, 3.05) is 19.0 Å². The highest BCUT2D eigenvalue weighted by Gasteiger charge is 2.34. The van der Waals surface area contributed by atoms with Gasteiger partial charge in [0, 0.05) is 19.0 Å². The molecular weight excluding hydrogens is 234 g/mol.